The van der Waals surface area contributed by atoms with E-state index in [2.05, 4.69) is 0 Å². The first kappa shape index (κ1) is 18.1. The molecule has 0 aliphatic carbocycles. The van der Waals surface area contributed by atoms with Gasteiger partial charge in [-0.2, -0.15) is 13.2 Å². The summed E-state index contributed by atoms with van der Waals surface area (Å²) in [6, 6.07) is 5.20. The predicted octanol–water partition coefficient (Wildman–Crippen LogP) is 2.55. The molecule has 1 aromatic carbocycles. The highest BCUT2D eigenvalue weighted by atomic mass is 19.4. The van der Waals surface area contributed by atoms with E-state index in [0.29, 0.717) is 5.75 Å². The summed E-state index contributed by atoms with van der Waals surface area (Å²) in [5, 5.41) is 8.97. The molecule has 1 atom stereocenters. The van der Waals surface area contributed by atoms with Crippen molar-refractivity contribution in [1.82, 2.24) is 4.90 Å². The van der Waals surface area contributed by atoms with Crippen molar-refractivity contribution in [2.24, 2.45) is 5.41 Å². The summed E-state index contributed by atoms with van der Waals surface area (Å²) >= 11 is 0. The number of hydrogen-bond donors (Lipinski definition) is 1. The van der Waals surface area contributed by atoms with Crippen molar-refractivity contribution < 1.29 is 32.6 Å². The minimum Gasteiger partial charge on any atom is -0.484 e. The minimum absolute atomic E-state index is 0.263. The molecule has 0 saturated carbocycles. The summed E-state index contributed by atoms with van der Waals surface area (Å²) in [6.07, 6.45) is -5.57. The number of aryl methyl sites for hydroxylation is 2. The number of benzene rings is 1. The van der Waals surface area contributed by atoms with Crippen molar-refractivity contribution in [1.29, 1.82) is 0 Å². The number of halogens is 3. The lowest BCUT2D eigenvalue weighted by molar-refractivity contribution is -0.227. The number of ether oxygens (including phenoxy) is 1. The fourth-order valence-electron chi connectivity index (χ4n) is 2.59. The maximum absolute atomic E-state index is 13.1. The van der Waals surface area contributed by atoms with Gasteiger partial charge in [0.25, 0.3) is 5.91 Å². The molecular formula is C16H18F3NO4. The molecule has 1 unspecified atom stereocenters. The molecule has 0 bridgehead atoms. The Morgan fingerprint density at radius 2 is 1.96 bits per heavy atom. The summed E-state index contributed by atoms with van der Waals surface area (Å²) in [6.45, 7) is 2.20. The summed E-state index contributed by atoms with van der Waals surface area (Å²) in [7, 11) is 0. The first-order chi connectivity index (χ1) is 11.1. The topological polar surface area (TPSA) is 66.8 Å². The van der Waals surface area contributed by atoms with E-state index in [4.69, 9.17) is 9.84 Å². The van der Waals surface area contributed by atoms with Crippen molar-refractivity contribution in [2.75, 3.05) is 19.7 Å². The summed E-state index contributed by atoms with van der Waals surface area (Å²) < 4.78 is 44.6. The number of carbonyl (C=O) groups excluding carboxylic acids is 1. The molecule has 1 N–H and O–H groups in total. The number of likely N-dealkylation sites (tertiary alicyclic amines) is 1. The van der Waals surface area contributed by atoms with Gasteiger partial charge in [-0.1, -0.05) is 6.07 Å². The van der Waals surface area contributed by atoms with Crippen LogP contribution in [-0.2, 0) is 9.59 Å². The van der Waals surface area contributed by atoms with Crippen molar-refractivity contribution in [3.8, 4) is 5.75 Å². The van der Waals surface area contributed by atoms with Gasteiger partial charge in [-0.25, -0.2) is 0 Å². The third-order valence-corrected chi connectivity index (χ3v) is 4.41. The zero-order valence-electron chi connectivity index (χ0n) is 13.3. The van der Waals surface area contributed by atoms with E-state index in [0.717, 1.165) is 16.0 Å². The molecule has 1 saturated heterocycles. The number of aliphatic carboxylic acids is 1. The Balaban J connectivity index is 2.01. The van der Waals surface area contributed by atoms with Crippen LogP contribution in [0.15, 0.2) is 18.2 Å². The maximum atomic E-state index is 13.1. The van der Waals surface area contributed by atoms with Gasteiger partial charge in [0.05, 0.1) is 0 Å². The number of alkyl halides is 3. The van der Waals surface area contributed by atoms with Gasteiger partial charge < -0.3 is 14.7 Å². The molecule has 0 radical (unpaired) electrons. The lowest BCUT2D eigenvalue weighted by Crippen LogP contribution is -2.48. The number of rotatable bonds is 4. The Kier molecular flexibility index (Phi) is 4.77. The SMILES string of the molecule is Cc1ccc(OCC(=O)N2CCC(C(=O)O)(C(F)(F)F)C2)cc1C. The van der Waals surface area contributed by atoms with Crippen LogP contribution < -0.4 is 4.74 Å². The van der Waals surface area contributed by atoms with Crippen molar-refractivity contribution in [3.63, 3.8) is 0 Å². The van der Waals surface area contributed by atoms with Gasteiger partial charge in [0.15, 0.2) is 12.0 Å². The summed E-state index contributed by atoms with van der Waals surface area (Å²) in [5.74, 6) is -2.19. The fraction of sp³-hybridized carbons (Fsp3) is 0.500. The predicted molar refractivity (Wildman–Crippen MR) is 78.7 cm³/mol. The number of carboxylic acid groups (broad SMARTS) is 1. The van der Waals surface area contributed by atoms with E-state index < -0.39 is 43.0 Å². The molecule has 8 heteroatoms. The Labute approximate surface area is 137 Å². The van der Waals surface area contributed by atoms with E-state index in [1.165, 1.54) is 0 Å². The average molecular weight is 345 g/mol. The van der Waals surface area contributed by atoms with Gasteiger partial charge >= 0.3 is 12.1 Å². The highest BCUT2D eigenvalue weighted by Crippen LogP contribution is 2.45. The molecule has 1 heterocycles. The highest BCUT2D eigenvalue weighted by molar-refractivity contribution is 5.82. The molecule has 1 amide bonds. The third-order valence-electron chi connectivity index (χ3n) is 4.41. The first-order valence-corrected chi connectivity index (χ1v) is 7.35. The van der Waals surface area contributed by atoms with Gasteiger partial charge in [-0.05, 0) is 43.5 Å². The standard InChI is InChI=1S/C16H18F3NO4/c1-10-3-4-12(7-11(10)2)24-8-13(21)20-6-5-15(9-20,14(22)23)16(17,18)19/h3-4,7H,5-6,8-9H2,1-2H3,(H,22,23). The third kappa shape index (κ3) is 3.32. The largest absolute Gasteiger partial charge is 0.484 e. The number of carbonyl (C=O) groups is 2. The van der Waals surface area contributed by atoms with Crippen LogP contribution in [0.4, 0.5) is 13.2 Å². The van der Waals surface area contributed by atoms with E-state index in [9.17, 15) is 22.8 Å². The number of hydrogen-bond acceptors (Lipinski definition) is 3. The minimum atomic E-state index is -4.91. The Hall–Kier alpha value is -2.25. The van der Waals surface area contributed by atoms with Crippen LogP contribution >= 0.6 is 0 Å². The van der Waals surface area contributed by atoms with Crippen LogP contribution in [0.5, 0.6) is 5.75 Å². The monoisotopic (exact) mass is 345 g/mol. The molecule has 5 nitrogen and oxygen atoms in total. The number of amides is 1. The van der Waals surface area contributed by atoms with E-state index in [1.54, 1.807) is 12.1 Å². The lowest BCUT2D eigenvalue weighted by atomic mass is 9.86. The molecule has 1 aromatic rings. The first-order valence-electron chi connectivity index (χ1n) is 7.35. The smallest absolute Gasteiger partial charge is 0.406 e. The van der Waals surface area contributed by atoms with E-state index >= 15 is 0 Å². The quantitative estimate of drug-likeness (QED) is 0.911. The van der Waals surface area contributed by atoms with Gasteiger partial charge in [0.2, 0.25) is 0 Å². The molecule has 1 aliphatic heterocycles. The van der Waals surface area contributed by atoms with Gasteiger partial charge in [0.1, 0.15) is 5.75 Å². The number of nitrogens with zero attached hydrogens (tertiary/aromatic N) is 1. The normalized spacial score (nSPS) is 21.0. The fourth-order valence-corrected chi connectivity index (χ4v) is 2.59. The molecule has 0 aromatic heterocycles. The number of carboxylic acids is 1. The van der Waals surface area contributed by atoms with Crippen molar-refractivity contribution in [2.45, 2.75) is 26.4 Å². The van der Waals surface area contributed by atoms with E-state index in [1.807, 2.05) is 19.9 Å². The molecule has 0 spiro atoms. The summed E-state index contributed by atoms with van der Waals surface area (Å²) in [5.41, 5.74) is -0.893. The molecule has 2 rings (SSSR count). The maximum Gasteiger partial charge on any atom is 0.406 e. The Morgan fingerprint density at radius 3 is 2.46 bits per heavy atom. The molecule has 1 aliphatic rings. The van der Waals surface area contributed by atoms with Crippen LogP contribution in [0.2, 0.25) is 0 Å². The van der Waals surface area contributed by atoms with Crippen molar-refractivity contribution in [3.05, 3.63) is 29.3 Å². The molecule has 132 valence electrons. The second-order valence-corrected chi connectivity index (χ2v) is 5.99. The van der Waals surface area contributed by atoms with Gasteiger partial charge in [-0.3, -0.25) is 9.59 Å². The Morgan fingerprint density at radius 1 is 1.29 bits per heavy atom. The van der Waals surface area contributed by atoms with Gasteiger partial charge in [-0.15, -0.1) is 0 Å². The zero-order chi connectivity index (χ0) is 18.1. The van der Waals surface area contributed by atoms with Crippen LogP contribution in [0.1, 0.15) is 17.5 Å². The van der Waals surface area contributed by atoms with E-state index in [-0.39, 0.29) is 6.54 Å². The van der Waals surface area contributed by atoms with Crippen LogP contribution in [0.25, 0.3) is 0 Å². The molecule has 24 heavy (non-hydrogen) atoms. The highest BCUT2D eigenvalue weighted by Gasteiger charge is 2.64. The molecular weight excluding hydrogens is 327 g/mol. The Bertz CT molecular complexity index is 659. The van der Waals surface area contributed by atoms with Crippen LogP contribution in [0, 0.1) is 19.3 Å². The molecule has 1 fully saturated rings. The average Bonchev–Trinajstić information content (AvgIpc) is 2.94. The zero-order valence-corrected chi connectivity index (χ0v) is 13.3. The van der Waals surface area contributed by atoms with Crippen molar-refractivity contribution >= 4 is 11.9 Å². The van der Waals surface area contributed by atoms with Crippen LogP contribution in [-0.4, -0.2) is 47.8 Å². The second-order valence-electron chi connectivity index (χ2n) is 5.99. The lowest BCUT2D eigenvalue weighted by Gasteiger charge is -2.27. The van der Waals surface area contributed by atoms with Gasteiger partial charge in [0, 0.05) is 13.1 Å². The van der Waals surface area contributed by atoms with Crippen LogP contribution in [0.3, 0.4) is 0 Å². The second kappa shape index (κ2) is 6.33. The summed E-state index contributed by atoms with van der Waals surface area (Å²) in [4.78, 5) is 24.0.